The summed E-state index contributed by atoms with van der Waals surface area (Å²) in [6, 6.07) is 15.2. The number of nitrogens with one attached hydrogen (secondary N) is 3. The normalized spacial score (nSPS) is 19.1. The van der Waals surface area contributed by atoms with Crippen LogP contribution in [0.25, 0.3) is 10.9 Å². The molecule has 0 fully saturated rings. The van der Waals surface area contributed by atoms with E-state index in [4.69, 9.17) is 12.2 Å². The Morgan fingerprint density at radius 2 is 2.06 bits per heavy atom. The van der Waals surface area contributed by atoms with Crippen molar-refractivity contribution in [3.63, 3.8) is 0 Å². The third-order valence-electron chi connectivity index (χ3n) is 6.46. The maximum absolute atomic E-state index is 11.3. The molecule has 0 spiro atoms. The van der Waals surface area contributed by atoms with Crippen molar-refractivity contribution in [2.45, 2.75) is 44.2 Å². The summed E-state index contributed by atoms with van der Waals surface area (Å²) in [4.78, 5) is 14.7. The van der Waals surface area contributed by atoms with Crippen LogP contribution >= 0.6 is 0 Å². The first kappa shape index (κ1) is 21.2. The van der Waals surface area contributed by atoms with Gasteiger partial charge in [-0.3, -0.25) is 10.1 Å². The zero-order valence-corrected chi connectivity index (χ0v) is 18.0. The molecule has 1 amide bonds. The monoisotopic (exact) mass is 414 g/mol. The SMILES string of the molecule is C#CCN[C@@H]1CCc2ccccc21.CN[C@@H]1CCc2[nH]c3ccc(C(N)=O)cc3c2C1. The van der Waals surface area contributed by atoms with Crippen molar-refractivity contribution in [1.29, 1.82) is 0 Å². The first-order valence-electron chi connectivity index (χ1n) is 11.0. The summed E-state index contributed by atoms with van der Waals surface area (Å²) in [6.07, 6.45) is 10.8. The number of terminal acetylenes is 1. The Labute approximate surface area is 183 Å². The van der Waals surface area contributed by atoms with Crippen LogP contribution in [0.1, 0.15) is 51.6 Å². The number of carbonyl (C=O) groups is 1. The first-order valence-corrected chi connectivity index (χ1v) is 11.0. The van der Waals surface area contributed by atoms with Gasteiger partial charge in [0.1, 0.15) is 0 Å². The molecule has 0 bridgehead atoms. The number of hydrogen-bond donors (Lipinski definition) is 4. The van der Waals surface area contributed by atoms with Gasteiger partial charge in [0.2, 0.25) is 5.91 Å². The molecular weight excluding hydrogens is 384 g/mol. The maximum atomic E-state index is 11.3. The number of aromatic amines is 1. The minimum atomic E-state index is -0.368. The summed E-state index contributed by atoms with van der Waals surface area (Å²) in [6.45, 7) is 0.666. The molecule has 5 heteroatoms. The van der Waals surface area contributed by atoms with Gasteiger partial charge in [-0.25, -0.2) is 0 Å². The van der Waals surface area contributed by atoms with Crippen molar-refractivity contribution in [3.05, 3.63) is 70.4 Å². The zero-order chi connectivity index (χ0) is 21.8. The molecule has 5 nitrogen and oxygen atoms in total. The van der Waals surface area contributed by atoms with Gasteiger partial charge >= 0.3 is 0 Å². The third-order valence-corrected chi connectivity index (χ3v) is 6.46. The number of H-pyrrole nitrogens is 1. The summed E-state index contributed by atoms with van der Waals surface area (Å²) >= 11 is 0. The second-order valence-electron chi connectivity index (χ2n) is 8.31. The van der Waals surface area contributed by atoms with E-state index in [1.807, 2.05) is 19.2 Å². The Morgan fingerprint density at radius 3 is 2.84 bits per heavy atom. The smallest absolute Gasteiger partial charge is 0.248 e. The van der Waals surface area contributed by atoms with Gasteiger partial charge in [-0.2, -0.15) is 0 Å². The fourth-order valence-electron chi connectivity index (χ4n) is 4.77. The highest BCUT2D eigenvalue weighted by atomic mass is 16.1. The van der Waals surface area contributed by atoms with E-state index in [1.165, 1.54) is 35.2 Å². The number of hydrogen-bond acceptors (Lipinski definition) is 3. The Hall–Kier alpha value is -3.07. The number of rotatable bonds is 4. The first-order chi connectivity index (χ1) is 15.1. The molecule has 3 aromatic rings. The summed E-state index contributed by atoms with van der Waals surface area (Å²) < 4.78 is 0. The van der Waals surface area contributed by atoms with E-state index in [1.54, 1.807) is 6.07 Å². The summed E-state index contributed by atoms with van der Waals surface area (Å²) in [5, 5.41) is 7.82. The van der Waals surface area contributed by atoms with E-state index < -0.39 is 0 Å². The van der Waals surface area contributed by atoms with Crippen LogP contribution in [-0.4, -0.2) is 30.5 Å². The highest BCUT2D eigenvalue weighted by Gasteiger charge is 2.22. The summed E-state index contributed by atoms with van der Waals surface area (Å²) in [5.74, 6) is 2.25. The minimum absolute atomic E-state index is 0.368. The second-order valence-corrected chi connectivity index (χ2v) is 8.31. The molecule has 1 aromatic heterocycles. The van der Waals surface area contributed by atoms with Crippen molar-refractivity contribution >= 4 is 16.8 Å². The number of benzene rings is 2. The quantitative estimate of drug-likeness (QED) is 0.495. The topological polar surface area (TPSA) is 82.9 Å². The molecule has 0 saturated carbocycles. The van der Waals surface area contributed by atoms with E-state index in [9.17, 15) is 4.79 Å². The lowest BCUT2D eigenvalue weighted by atomic mass is 9.91. The Kier molecular flexibility index (Phi) is 6.41. The molecular formula is C26H30N4O. The van der Waals surface area contributed by atoms with E-state index in [0.29, 0.717) is 24.2 Å². The maximum Gasteiger partial charge on any atom is 0.248 e. The predicted octanol–water partition coefficient (Wildman–Crippen LogP) is 3.24. The molecule has 2 aliphatic rings. The number of nitrogens with two attached hydrogens (primary N) is 1. The van der Waals surface area contributed by atoms with Crippen LogP contribution < -0.4 is 16.4 Å². The lowest BCUT2D eigenvalue weighted by Crippen LogP contribution is -2.31. The van der Waals surface area contributed by atoms with Crippen molar-refractivity contribution in [2.24, 2.45) is 5.73 Å². The molecule has 160 valence electrons. The molecule has 5 N–H and O–H groups in total. The van der Waals surface area contributed by atoms with Gasteiger partial charge in [0, 0.05) is 34.2 Å². The van der Waals surface area contributed by atoms with Crippen LogP contribution in [0.4, 0.5) is 0 Å². The van der Waals surface area contributed by atoms with Gasteiger partial charge in [0.25, 0.3) is 0 Å². The van der Waals surface area contributed by atoms with Gasteiger partial charge < -0.3 is 16.0 Å². The molecule has 0 saturated heterocycles. The van der Waals surface area contributed by atoms with Crippen molar-refractivity contribution < 1.29 is 4.79 Å². The van der Waals surface area contributed by atoms with Crippen LogP contribution in [0.3, 0.4) is 0 Å². The zero-order valence-electron chi connectivity index (χ0n) is 18.0. The average Bonchev–Trinajstić information content (AvgIpc) is 3.38. The number of aryl methyl sites for hydroxylation is 2. The number of likely N-dealkylation sites (N-methyl/N-ethyl adjacent to an activating group) is 1. The lowest BCUT2D eigenvalue weighted by Gasteiger charge is -2.21. The Bertz CT molecular complexity index is 1120. The standard InChI is InChI=1S/C14H17N3O.C12H13N/c1-16-9-3-5-13-11(7-9)10-6-8(14(15)18)2-4-12(10)17-13;1-2-9-13-12-8-7-10-5-3-4-6-11(10)12/h2,4,6,9,16-17H,3,5,7H2,1H3,(H2,15,18);1,3-6,12-13H,7-9H2/t9-;12-/m11/s1. The number of fused-ring (bicyclic) bond motifs is 4. The van der Waals surface area contributed by atoms with E-state index in [-0.39, 0.29) is 5.91 Å². The fraction of sp³-hybridized carbons (Fsp3) is 0.346. The van der Waals surface area contributed by atoms with Crippen molar-refractivity contribution in [3.8, 4) is 12.3 Å². The van der Waals surface area contributed by atoms with Crippen molar-refractivity contribution in [2.75, 3.05) is 13.6 Å². The lowest BCUT2D eigenvalue weighted by molar-refractivity contribution is 0.100. The van der Waals surface area contributed by atoms with Gasteiger partial charge in [-0.1, -0.05) is 30.2 Å². The third kappa shape index (κ3) is 4.51. The van der Waals surface area contributed by atoms with Gasteiger partial charge in [0.05, 0.1) is 6.54 Å². The average molecular weight is 415 g/mol. The highest BCUT2D eigenvalue weighted by Crippen LogP contribution is 2.31. The van der Waals surface area contributed by atoms with Gasteiger partial charge in [0.15, 0.2) is 0 Å². The van der Waals surface area contributed by atoms with Crippen molar-refractivity contribution in [1.82, 2.24) is 15.6 Å². The molecule has 0 radical (unpaired) electrons. The summed E-state index contributed by atoms with van der Waals surface area (Å²) in [5.41, 5.74) is 12.6. The van der Waals surface area contributed by atoms with Gasteiger partial charge in [-0.05, 0) is 74.0 Å². The molecule has 31 heavy (non-hydrogen) atoms. The van der Waals surface area contributed by atoms with Crippen LogP contribution in [0.15, 0.2) is 42.5 Å². The van der Waals surface area contributed by atoms with Crippen LogP contribution in [-0.2, 0) is 19.3 Å². The van der Waals surface area contributed by atoms with E-state index >= 15 is 0 Å². The molecule has 1 heterocycles. The molecule has 2 aliphatic carbocycles. The molecule has 0 aliphatic heterocycles. The second kappa shape index (κ2) is 9.38. The van der Waals surface area contributed by atoms with Gasteiger partial charge in [-0.15, -0.1) is 6.42 Å². The Morgan fingerprint density at radius 1 is 1.23 bits per heavy atom. The van der Waals surface area contributed by atoms with Crippen LogP contribution in [0, 0.1) is 12.3 Å². The van der Waals surface area contributed by atoms with E-state index in [0.717, 1.165) is 30.2 Å². The number of amides is 1. The largest absolute Gasteiger partial charge is 0.366 e. The predicted molar refractivity (Wildman–Crippen MR) is 126 cm³/mol. The molecule has 0 unspecified atom stereocenters. The number of carbonyl (C=O) groups excluding carboxylic acids is 1. The van der Waals surface area contributed by atoms with Crippen LogP contribution in [0.2, 0.25) is 0 Å². The van der Waals surface area contributed by atoms with Crippen LogP contribution in [0.5, 0.6) is 0 Å². The molecule has 2 aromatic carbocycles. The highest BCUT2D eigenvalue weighted by molar-refractivity contribution is 5.98. The number of aromatic nitrogens is 1. The number of primary amides is 1. The molecule has 2 atom stereocenters. The minimum Gasteiger partial charge on any atom is -0.366 e. The molecule has 5 rings (SSSR count). The summed E-state index contributed by atoms with van der Waals surface area (Å²) in [7, 11) is 2.00. The fourth-order valence-corrected chi connectivity index (χ4v) is 4.77. The van der Waals surface area contributed by atoms with E-state index in [2.05, 4.69) is 45.8 Å². The Balaban J connectivity index is 0.000000158.